The lowest BCUT2D eigenvalue weighted by Gasteiger charge is -2.19. The second kappa shape index (κ2) is 7.40. The topological polar surface area (TPSA) is 63.2 Å². The van der Waals surface area contributed by atoms with E-state index in [9.17, 15) is 13.2 Å². The number of carbonyl (C=O) groups is 1. The summed E-state index contributed by atoms with van der Waals surface area (Å²) in [6, 6.07) is 16.4. The molecule has 0 aromatic heterocycles. The number of carbonyl (C=O) groups excluding carboxylic acids is 1. The molecule has 0 unspecified atom stereocenters. The van der Waals surface area contributed by atoms with Gasteiger partial charge in [-0.15, -0.1) is 0 Å². The van der Waals surface area contributed by atoms with E-state index in [1.165, 1.54) is 6.92 Å². The highest BCUT2D eigenvalue weighted by atomic mass is 32.2. The van der Waals surface area contributed by atoms with Crippen molar-refractivity contribution in [3.05, 3.63) is 65.7 Å². The second-order valence-corrected chi connectivity index (χ2v) is 9.57. The minimum atomic E-state index is -3.59. The average Bonchev–Trinajstić information content (AvgIpc) is 2.54. The Hall–Kier alpha value is -2.14. The molecule has 4 nitrogen and oxygen atoms in total. The smallest absolute Gasteiger partial charge is 0.242 e. The van der Waals surface area contributed by atoms with E-state index in [-0.39, 0.29) is 11.2 Å². The molecule has 0 bridgehead atoms. The van der Waals surface area contributed by atoms with Crippen LogP contribution in [0.5, 0.6) is 0 Å². The fourth-order valence-corrected chi connectivity index (χ4v) is 3.68. The molecule has 0 aliphatic rings. The number of amides is 1. The third-order valence-corrected chi connectivity index (χ3v) is 6.16. The van der Waals surface area contributed by atoms with Crippen molar-refractivity contribution in [2.24, 2.45) is 0 Å². The standard InChI is InChI=1S/C20H25NO3S/c1-15(19(22)21-18-8-6-5-7-9-18)25(23,24)14-16-10-12-17(13-11-16)20(2,3)4/h5-13,15H,14H2,1-4H3,(H,21,22)/t15-/m1/s1. The summed E-state index contributed by atoms with van der Waals surface area (Å²) in [4.78, 5) is 12.2. The van der Waals surface area contributed by atoms with Gasteiger partial charge < -0.3 is 5.32 Å². The van der Waals surface area contributed by atoms with E-state index >= 15 is 0 Å². The summed E-state index contributed by atoms with van der Waals surface area (Å²) < 4.78 is 25.1. The molecule has 0 saturated heterocycles. The number of sulfone groups is 1. The van der Waals surface area contributed by atoms with Gasteiger partial charge >= 0.3 is 0 Å². The van der Waals surface area contributed by atoms with Gasteiger partial charge in [0.1, 0.15) is 5.25 Å². The molecule has 0 aliphatic carbocycles. The van der Waals surface area contributed by atoms with Crippen molar-refractivity contribution in [3.8, 4) is 0 Å². The number of hydrogen-bond donors (Lipinski definition) is 1. The van der Waals surface area contributed by atoms with Crippen molar-refractivity contribution in [1.82, 2.24) is 0 Å². The van der Waals surface area contributed by atoms with Gasteiger partial charge in [-0.1, -0.05) is 63.2 Å². The summed E-state index contributed by atoms with van der Waals surface area (Å²) in [6.07, 6.45) is 0. The summed E-state index contributed by atoms with van der Waals surface area (Å²) in [5, 5.41) is 1.53. The summed E-state index contributed by atoms with van der Waals surface area (Å²) in [5.41, 5.74) is 2.43. The van der Waals surface area contributed by atoms with Crippen LogP contribution in [0.3, 0.4) is 0 Å². The molecular formula is C20H25NO3S. The number of benzene rings is 2. The number of rotatable bonds is 5. The molecule has 0 radical (unpaired) electrons. The first kappa shape index (κ1) is 19.2. The van der Waals surface area contributed by atoms with Gasteiger partial charge in [-0.05, 0) is 35.6 Å². The number of anilines is 1. The van der Waals surface area contributed by atoms with E-state index in [4.69, 9.17) is 0 Å². The van der Waals surface area contributed by atoms with Gasteiger partial charge in [-0.3, -0.25) is 4.79 Å². The van der Waals surface area contributed by atoms with Gasteiger partial charge in [0.15, 0.2) is 9.84 Å². The highest BCUT2D eigenvalue weighted by Crippen LogP contribution is 2.23. The quantitative estimate of drug-likeness (QED) is 0.880. The molecule has 0 spiro atoms. The Balaban J connectivity index is 2.08. The molecule has 0 saturated carbocycles. The van der Waals surface area contributed by atoms with E-state index in [1.807, 2.05) is 30.3 Å². The summed E-state index contributed by atoms with van der Waals surface area (Å²) >= 11 is 0. The first-order chi connectivity index (χ1) is 11.6. The zero-order valence-electron chi connectivity index (χ0n) is 15.1. The average molecular weight is 359 g/mol. The second-order valence-electron chi connectivity index (χ2n) is 7.25. The number of hydrogen-bond acceptors (Lipinski definition) is 3. The monoisotopic (exact) mass is 359 g/mol. The zero-order valence-corrected chi connectivity index (χ0v) is 15.9. The number of para-hydroxylation sites is 1. The highest BCUT2D eigenvalue weighted by Gasteiger charge is 2.28. The molecule has 134 valence electrons. The molecule has 1 N–H and O–H groups in total. The largest absolute Gasteiger partial charge is 0.325 e. The van der Waals surface area contributed by atoms with Gasteiger partial charge in [0.25, 0.3) is 0 Å². The molecule has 0 aliphatic heterocycles. The van der Waals surface area contributed by atoms with Crippen molar-refractivity contribution in [3.63, 3.8) is 0 Å². The fraction of sp³-hybridized carbons (Fsp3) is 0.350. The van der Waals surface area contributed by atoms with Gasteiger partial charge in [0.2, 0.25) is 5.91 Å². The van der Waals surface area contributed by atoms with E-state index in [2.05, 4.69) is 26.1 Å². The molecule has 0 fully saturated rings. The van der Waals surface area contributed by atoms with E-state index in [0.29, 0.717) is 11.3 Å². The van der Waals surface area contributed by atoms with Crippen molar-refractivity contribution in [1.29, 1.82) is 0 Å². The number of nitrogens with one attached hydrogen (secondary N) is 1. The van der Waals surface area contributed by atoms with Crippen LogP contribution in [-0.2, 0) is 25.8 Å². The van der Waals surface area contributed by atoms with E-state index in [1.54, 1.807) is 24.3 Å². The lowest BCUT2D eigenvalue weighted by molar-refractivity contribution is -0.115. The third kappa shape index (κ3) is 5.16. The molecule has 1 amide bonds. The van der Waals surface area contributed by atoms with Crippen LogP contribution in [-0.4, -0.2) is 19.6 Å². The summed E-state index contributed by atoms with van der Waals surface area (Å²) in [6.45, 7) is 7.75. The Morgan fingerprint density at radius 1 is 1.00 bits per heavy atom. The molecule has 2 aromatic rings. The lowest BCUT2D eigenvalue weighted by atomic mass is 9.87. The third-order valence-electron chi connectivity index (χ3n) is 4.14. The van der Waals surface area contributed by atoms with Crippen molar-refractivity contribution < 1.29 is 13.2 Å². The van der Waals surface area contributed by atoms with Crippen LogP contribution in [0.2, 0.25) is 0 Å². The molecule has 1 atom stereocenters. The summed E-state index contributed by atoms with van der Waals surface area (Å²) in [7, 11) is -3.59. The highest BCUT2D eigenvalue weighted by molar-refractivity contribution is 7.92. The van der Waals surface area contributed by atoms with Crippen LogP contribution < -0.4 is 5.32 Å². The van der Waals surface area contributed by atoms with Gasteiger partial charge in [-0.25, -0.2) is 8.42 Å². The molecule has 25 heavy (non-hydrogen) atoms. The maximum Gasteiger partial charge on any atom is 0.242 e. The van der Waals surface area contributed by atoms with Crippen molar-refractivity contribution >= 4 is 21.4 Å². The normalized spacial score (nSPS) is 13.3. The van der Waals surface area contributed by atoms with Gasteiger partial charge in [0, 0.05) is 5.69 Å². The Morgan fingerprint density at radius 2 is 1.56 bits per heavy atom. The van der Waals surface area contributed by atoms with Crippen LogP contribution in [0.15, 0.2) is 54.6 Å². The minimum Gasteiger partial charge on any atom is -0.325 e. The Labute approximate surface area is 150 Å². The Morgan fingerprint density at radius 3 is 2.08 bits per heavy atom. The maximum atomic E-state index is 12.6. The van der Waals surface area contributed by atoms with E-state index in [0.717, 1.165) is 5.56 Å². The van der Waals surface area contributed by atoms with Crippen LogP contribution in [0, 0.1) is 0 Å². The summed E-state index contributed by atoms with van der Waals surface area (Å²) in [5.74, 6) is -0.668. The maximum absolute atomic E-state index is 12.6. The van der Waals surface area contributed by atoms with E-state index < -0.39 is 21.0 Å². The SMILES string of the molecule is C[C@H](C(=O)Nc1ccccc1)S(=O)(=O)Cc1ccc(C(C)(C)C)cc1. The Kier molecular flexibility index (Phi) is 5.68. The molecule has 0 heterocycles. The molecule has 2 aromatic carbocycles. The molecular weight excluding hydrogens is 334 g/mol. The predicted octanol–water partition coefficient (Wildman–Crippen LogP) is 3.93. The van der Waals surface area contributed by atoms with Crippen LogP contribution in [0.1, 0.15) is 38.8 Å². The molecule has 5 heteroatoms. The fourth-order valence-electron chi connectivity index (χ4n) is 2.39. The van der Waals surface area contributed by atoms with Gasteiger partial charge in [0.05, 0.1) is 5.75 Å². The predicted molar refractivity (Wildman–Crippen MR) is 102 cm³/mol. The minimum absolute atomic E-state index is 0.0142. The van der Waals surface area contributed by atoms with Gasteiger partial charge in [-0.2, -0.15) is 0 Å². The molecule has 2 rings (SSSR count). The van der Waals surface area contributed by atoms with Crippen LogP contribution >= 0.6 is 0 Å². The zero-order chi connectivity index (χ0) is 18.7. The van der Waals surface area contributed by atoms with Crippen LogP contribution in [0.4, 0.5) is 5.69 Å². The lowest BCUT2D eigenvalue weighted by Crippen LogP contribution is -2.33. The van der Waals surface area contributed by atoms with Crippen molar-refractivity contribution in [2.45, 2.75) is 44.1 Å². The Bertz CT molecular complexity index is 819. The first-order valence-corrected chi connectivity index (χ1v) is 9.98. The first-order valence-electron chi connectivity index (χ1n) is 8.26. The van der Waals surface area contributed by atoms with Crippen LogP contribution in [0.25, 0.3) is 0 Å². The van der Waals surface area contributed by atoms with Crippen molar-refractivity contribution in [2.75, 3.05) is 5.32 Å².